The number of rotatable bonds is 5. The van der Waals surface area contributed by atoms with Crippen molar-refractivity contribution in [3.05, 3.63) is 70.7 Å². The van der Waals surface area contributed by atoms with Crippen molar-refractivity contribution < 1.29 is 14.0 Å². The number of nitrogens with two attached hydrogens (primary N) is 1. The van der Waals surface area contributed by atoms with Crippen LogP contribution in [0.1, 0.15) is 27.2 Å². The van der Waals surface area contributed by atoms with Crippen LogP contribution in [0.2, 0.25) is 0 Å². The van der Waals surface area contributed by atoms with E-state index in [4.69, 9.17) is 5.73 Å². The monoisotopic (exact) mass is 339 g/mol. The summed E-state index contributed by atoms with van der Waals surface area (Å²) in [7, 11) is 0. The smallest absolute Gasteiger partial charge is 0.248 e. The van der Waals surface area contributed by atoms with E-state index in [1.807, 2.05) is 6.92 Å². The van der Waals surface area contributed by atoms with Gasteiger partial charge in [0, 0.05) is 28.7 Å². The van der Waals surface area contributed by atoms with Gasteiger partial charge in [-0.15, -0.1) is 0 Å². The first kappa shape index (κ1) is 16.7. The number of carbonyl (C=O) groups excluding carboxylic acids is 2. The van der Waals surface area contributed by atoms with Crippen LogP contribution in [0.5, 0.6) is 0 Å². The number of amides is 2. The molecule has 0 bridgehead atoms. The molecule has 128 valence electrons. The van der Waals surface area contributed by atoms with E-state index in [1.54, 1.807) is 30.3 Å². The largest absolute Gasteiger partial charge is 0.366 e. The van der Waals surface area contributed by atoms with Gasteiger partial charge in [-0.25, -0.2) is 4.39 Å². The van der Waals surface area contributed by atoms with E-state index in [0.717, 1.165) is 22.3 Å². The Hall–Kier alpha value is -3.15. The molecule has 2 amide bonds. The molecule has 0 saturated heterocycles. The molecule has 0 aliphatic rings. The molecule has 0 fully saturated rings. The minimum Gasteiger partial charge on any atom is -0.366 e. The van der Waals surface area contributed by atoms with Crippen LogP contribution >= 0.6 is 0 Å². The van der Waals surface area contributed by atoms with Crippen molar-refractivity contribution in [2.75, 3.05) is 0 Å². The van der Waals surface area contributed by atoms with Gasteiger partial charge < -0.3 is 16.0 Å². The molecule has 0 atom stereocenters. The van der Waals surface area contributed by atoms with E-state index >= 15 is 0 Å². The van der Waals surface area contributed by atoms with E-state index in [2.05, 4.69) is 10.3 Å². The molecule has 3 rings (SSSR count). The Labute approximate surface area is 144 Å². The third kappa shape index (κ3) is 3.68. The van der Waals surface area contributed by atoms with Gasteiger partial charge in [0.05, 0.1) is 6.42 Å². The lowest BCUT2D eigenvalue weighted by atomic mass is 10.1. The van der Waals surface area contributed by atoms with Crippen LogP contribution in [-0.2, 0) is 17.8 Å². The first-order valence-electron chi connectivity index (χ1n) is 7.86. The fraction of sp³-hybridized carbons (Fsp3) is 0.158. The second-order valence-corrected chi connectivity index (χ2v) is 5.94. The minimum absolute atomic E-state index is 0.144. The van der Waals surface area contributed by atoms with Crippen LogP contribution < -0.4 is 11.1 Å². The molecule has 0 unspecified atom stereocenters. The summed E-state index contributed by atoms with van der Waals surface area (Å²) in [5.41, 5.74) is 8.85. The van der Waals surface area contributed by atoms with E-state index in [0.29, 0.717) is 10.9 Å². The van der Waals surface area contributed by atoms with Gasteiger partial charge in [-0.05, 0) is 48.4 Å². The number of aromatic nitrogens is 1. The number of nitrogens with one attached hydrogen (secondary N) is 2. The number of aryl methyl sites for hydroxylation is 1. The fourth-order valence-electron chi connectivity index (χ4n) is 2.84. The van der Waals surface area contributed by atoms with Crippen LogP contribution in [0.3, 0.4) is 0 Å². The highest BCUT2D eigenvalue weighted by Crippen LogP contribution is 2.23. The third-order valence-corrected chi connectivity index (χ3v) is 4.12. The Bertz CT molecular complexity index is 962. The molecule has 1 heterocycles. The quantitative estimate of drug-likeness (QED) is 0.667. The number of aromatic amines is 1. The van der Waals surface area contributed by atoms with Gasteiger partial charge in [0.25, 0.3) is 0 Å². The van der Waals surface area contributed by atoms with Crippen molar-refractivity contribution in [3.63, 3.8) is 0 Å². The molecule has 0 aliphatic carbocycles. The second-order valence-electron chi connectivity index (χ2n) is 5.94. The van der Waals surface area contributed by atoms with E-state index in [-0.39, 0.29) is 24.7 Å². The van der Waals surface area contributed by atoms with Crippen molar-refractivity contribution in [2.24, 2.45) is 5.73 Å². The molecular formula is C19H18FN3O2. The maximum absolute atomic E-state index is 13.5. The normalized spacial score (nSPS) is 10.8. The summed E-state index contributed by atoms with van der Waals surface area (Å²) in [6, 6.07) is 11.3. The number of benzene rings is 2. The lowest BCUT2D eigenvalue weighted by molar-refractivity contribution is -0.120. The molecule has 5 nitrogen and oxygen atoms in total. The summed E-state index contributed by atoms with van der Waals surface area (Å²) < 4.78 is 13.5. The Morgan fingerprint density at radius 1 is 1.20 bits per heavy atom. The number of H-pyrrole nitrogens is 1. The number of fused-ring (bicyclic) bond motifs is 1. The summed E-state index contributed by atoms with van der Waals surface area (Å²) in [6.07, 6.45) is 0.144. The highest BCUT2D eigenvalue weighted by molar-refractivity contribution is 5.93. The van der Waals surface area contributed by atoms with Gasteiger partial charge >= 0.3 is 0 Å². The van der Waals surface area contributed by atoms with Crippen molar-refractivity contribution in [1.82, 2.24) is 10.3 Å². The van der Waals surface area contributed by atoms with Crippen LogP contribution in [-0.4, -0.2) is 16.8 Å². The summed E-state index contributed by atoms with van der Waals surface area (Å²) in [6.45, 7) is 2.15. The maximum Gasteiger partial charge on any atom is 0.248 e. The van der Waals surface area contributed by atoms with Gasteiger partial charge in [-0.1, -0.05) is 12.1 Å². The molecule has 25 heavy (non-hydrogen) atoms. The molecule has 3 aromatic rings. The average Bonchev–Trinajstić information content (AvgIpc) is 2.88. The molecule has 0 saturated carbocycles. The zero-order chi connectivity index (χ0) is 18.0. The number of carbonyl (C=O) groups is 2. The van der Waals surface area contributed by atoms with Gasteiger partial charge in [-0.3, -0.25) is 9.59 Å². The highest BCUT2D eigenvalue weighted by atomic mass is 19.1. The first-order valence-corrected chi connectivity index (χ1v) is 7.86. The predicted molar refractivity (Wildman–Crippen MR) is 93.5 cm³/mol. The van der Waals surface area contributed by atoms with Crippen LogP contribution in [0, 0.1) is 12.7 Å². The molecule has 6 heteroatoms. The molecule has 0 spiro atoms. The minimum atomic E-state index is -0.510. The van der Waals surface area contributed by atoms with Gasteiger partial charge in [-0.2, -0.15) is 0 Å². The lowest BCUT2D eigenvalue weighted by Gasteiger charge is -2.07. The first-order chi connectivity index (χ1) is 11.9. The summed E-state index contributed by atoms with van der Waals surface area (Å²) in [4.78, 5) is 26.6. The number of hydrogen-bond donors (Lipinski definition) is 3. The van der Waals surface area contributed by atoms with Crippen molar-refractivity contribution in [1.29, 1.82) is 0 Å². The molecule has 1 aromatic heterocycles. The van der Waals surface area contributed by atoms with Crippen molar-refractivity contribution in [2.45, 2.75) is 19.9 Å². The van der Waals surface area contributed by atoms with Crippen LogP contribution in [0.25, 0.3) is 10.9 Å². The third-order valence-electron chi connectivity index (χ3n) is 4.12. The Balaban J connectivity index is 1.71. The number of primary amides is 1. The molecular weight excluding hydrogens is 321 g/mol. The molecule has 0 radical (unpaired) electrons. The highest BCUT2D eigenvalue weighted by Gasteiger charge is 2.13. The Morgan fingerprint density at radius 3 is 2.76 bits per heavy atom. The van der Waals surface area contributed by atoms with Gasteiger partial charge in [0.2, 0.25) is 11.8 Å². The summed E-state index contributed by atoms with van der Waals surface area (Å²) in [5.74, 6) is -1.03. The Morgan fingerprint density at radius 2 is 2.00 bits per heavy atom. The standard InChI is InChI=1S/C19H18FN3O2/c1-11-15(16-8-14(20)5-6-17(16)23-11)9-18(24)22-10-12-3-2-4-13(7-12)19(21)25/h2-8,23H,9-10H2,1H3,(H2,21,25)(H,22,24). The van der Waals surface area contributed by atoms with Crippen molar-refractivity contribution in [3.8, 4) is 0 Å². The SMILES string of the molecule is Cc1[nH]c2ccc(F)cc2c1CC(=O)NCc1cccc(C(N)=O)c1. The van der Waals surface area contributed by atoms with Gasteiger partial charge in [0.1, 0.15) is 5.82 Å². The maximum atomic E-state index is 13.5. The van der Waals surface area contributed by atoms with E-state index in [9.17, 15) is 14.0 Å². The number of halogens is 1. The van der Waals surface area contributed by atoms with Crippen LogP contribution in [0.15, 0.2) is 42.5 Å². The van der Waals surface area contributed by atoms with E-state index < -0.39 is 5.91 Å². The van der Waals surface area contributed by atoms with E-state index in [1.165, 1.54) is 12.1 Å². The second kappa shape index (κ2) is 6.76. The summed E-state index contributed by atoms with van der Waals surface area (Å²) >= 11 is 0. The molecule has 4 N–H and O–H groups in total. The summed E-state index contributed by atoms with van der Waals surface area (Å²) in [5, 5.41) is 3.52. The lowest BCUT2D eigenvalue weighted by Crippen LogP contribution is -2.25. The topological polar surface area (TPSA) is 88.0 Å². The fourth-order valence-corrected chi connectivity index (χ4v) is 2.84. The molecule has 0 aliphatic heterocycles. The predicted octanol–water partition coefficient (Wildman–Crippen LogP) is 2.57. The zero-order valence-electron chi connectivity index (χ0n) is 13.7. The van der Waals surface area contributed by atoms with Crippen LogP contribution in [0.4, 0.5) is 4.39 Å². The Kier molecular flexibility index (Phi) is 4.52. The molecule has 2 aromatic carbocycles. The van der Waals surface area contributed by atoms with Crippen molar-refractivity contribution >= 4 is 22.7 Å². The van der Waals surface area contributed by atoms with Gasteiger partial charge in [0.15, 0.2) is 0 Å². The zero-order valence-corrected chi connectivity index (χ0v) is 13.7. The average molecular weight is 339 g/mol. The number of hydrogen-bond acceptors (Lipinski definition) is 2.